The van der Waals surface area contributed by atoms with Crippen LogP contribution in [0.1, 0.15) is 19.3 Å². The zero-order chi connectivity index (χ0) is 19.4. The van der Waals surface area contributed by atoms with Crippen LogP contribution in [-0.4, -0.2) is 88.1 Å². The van der Waals surface area contributed by atoms with Gasteiger partial charge in [0.25, 0.3) is 0 Å². The Kier molecular flexibility index (Phi) is 5.96. The third-order valence-corrected chi connectivity index (χ3v) is 5.78. The molecule has 2 fully saturated rings. The van der Waals surface area contributed by atoms with Crippen LogP contribution in [-0.2, 0) is 16.6 Å². The molecule has 8 heteroatoms. The number of rotatable bonds is 5. The number of hydrogen-bond donors (Lipinski definition) is 1. The van der Waals surface area contributed by atoms with E-state index in [2.05, 4.69) is 33.8 Å². The van der Waals surface area contributed by atoms with E-state index in [1.807, 2.05) is 11.9 Å². The summed E-state index contributed by atoms with van der Waals surface area (Å²) in [5.74, 6) is 0.725. The minimum atomic E-state index is -0.0604. The fraction of sp³-hybridized carbons (Fsp3) is 0.632. The molecule has 0 aliphatic carbocycles. The number of amides is 2. The second kappa shape index (κ2) is 8.22. The van der Waals surface area contributed by atoms with E-state index in [0.29, 0.717) is 25.3 Å². The van der Waals surface area contributed by atoms with Crippen LogP contribution in [0.25, 0.3) is 0 Å². The molecule has 1 atom stereocenters. The second-order valence-corrected chi connectivity index (χ2v) is 7.66. The maximum absolute atomic E-state index is 12.4. The van der Waals surface area contributed by atoms with Gasteiger partial charge < -0.3 is 10.2 Å². The molecule has 2 saturated heterocycles. The summed E-state index contributed by atoms with van der Waals surface area (Å²) >= 11 is 0. The van der Waals surface area contributed by atoms with E-state index >= 15 is 0 Å². The fourth-order valence-electron chi connectivity index (χ4n) is 4.13. The molecular formula is C19H30N6O2. The van der Waals surface area contributed by atoms with Gasteiger partial charge in [0.15, 0.2) is 5.82 Å². The third kappa shape index (κ3) is 4.56. The van der Waals surface area contributed by atoms with Gasteiger partial charge in [0.05, 0.1) is 6.54 Å². The molecule has 148 valence electrons. The van der Waals surface area contributed by atoms with Crippen LogP contribution in [0.5, 0.6) is 0 Å². The summed E-state index contributed by atoms with van der Waals surface area (Å²) in [4.78, 5) is 31.3. The lowest BCUT2D eigenvalue weighted by atomic mass is 9.86. The topological polar surface area (TPSA) is 73.7 Å². The molecule has 2 aliphatic rings. The van der Waals surface area contributed by atoms with Gasteiger partial charge in [0.2, 0.25) is 11.8 Å². The predicted octanol–water partition coefficient (Wildman–Crippen LogP) is 0.543. The van der Waals surface area contributed by atoms with Crippen molar-refractivity contribution < 1.29 is 9.59 Å². The summed E-state index contributed by atoms with van der Waals surface area (Å²) in [5.41, 5.74) is -0.0604. The number of hydrogen-bond acceptors (Lipinski definition) is 5. The lowest BCUT2D eigenvalue weighted by molar-refractivity contribution is -0.130. The molecule has 27 heavy (non-hydrogen) atoms. The van der Waals surface area contributed by atoms with Crippen molar-refractivity contribution in [3.63, 3.8) is 0 Å². The number of nitrogens with zero attached hydrogens (tertiary/aromatic N) is 5. The third-order valence-electron chi connectivity index (χ3n) is 5.78. The maximum Gasteiger partial charge on any atom is 0.239 e. The molecule has 2 amide bonds. The minimum Gasteiger partial charge on any atom is -0.339 e. The zero-order valence-corrected chi connectivity index (χ0v) is 16.4. The van der Waals surface area contributed by atoms with Gasteiger partial charge in [0.1, 0.15) is 0 Å². The Hall–Kier alpha value is -2.19. The van der Waals surface area contributed by atoms with Crippen LogP contribution < -0.4 is 5.32 Å². The van der Waals surface area contributed by atoms with Crippen molar-refractivity contribution in [2.75, 3.05) is 51.6 Å². The summed E-state index contributed by atoms with van der Waals surface area (Å²) in [6, 6.07) is 1.79. The lowest BCUT2D eigenvalue weighted by Crippen LogP contribution is -2.61. The van der Waals surface area contributed by atoms with Crippen molar-refractivity contribution in [2.24, 2.45) is 7.05 Å². The number of piperazine rings is 1. The second-order valence-electron chi connectivity index (χ2n) is 7.66. The van der Waals surface area contributed by atoms with Crippen LogP contribution >= 0.6 is 0 Å². The van der Waals surface area contributed by atoms with Gasteiger partial charge in [0, 0.05) is 64.0 Å². The number of nitrogens with one attached hydrogen (secondary N) is 1. The molecule has 8 nitrogen and oxygen atoms in total. The maximum atomic E-state index is 12.4. The smallest absolute Gasteiger partial charge is 0.239 e. The van der Waals surface area contributed by atoms with E-state index in [9.17, 15) is 9.59 Å². The number of likely N-dealkylation sites (tertiary alicyclic amines) is 1. The molecule has 0 aromatic carbocycles. The standard InChI is InChI=1S/C19H30N6O2/c1-4-9-25-11-8-19(7-5-18(25)27)15-24(13-12-22(19)2)14-17(26)20-16-6-10-23(3)21-16/h4,6,10H,1,5,7-9,11-15H2,2-3H3,(H,20,21,26)/t19-/m0/s1. The molecule has 3 rings (SSSR count). The Morgan fingerprint density at radius 3 is 2.85 bits per heavy atom. The van der Waals surface area contributed by atoms with Gasteiger partial charge in [-0.3, -0.25) is 24.1 Å². The van der Waals surface area contributed by atoms with Gasteiger partial charge in [-0.25, -0.2) is 0 Å². The number of likely N-dealkylation sites (N-methyl/N-ethyl adjacent to an activating group) is 1. The average molecular weight is 374 g/mol. The Labute approximate surface area is 160 Å². The zero-order valence-electron chi connectivity index (χ0n) is 16.4. The Morgan fingerprint density at radius 1 is 1.33 bits per heavy atom. The van der Waals surface area contributed by atoms with E-state index in [-0.39, 0.29) is 17.4 Å². The summed E-state index contributed by atoms with van der Waals surface area (Å²) in [6.45, 7) is 7.99. The Bertz CT molecular complexity index is 702. The van der Waals surface area contributed by atoms with E-state index in [1.165, 1.54) is 0 Å². The highest BCUT2D eigenvalue weighted by Gasteiger charge is 2.42. The van der Waals surface area contributed by atoms with Crippen molar-refractivity contribution >= 4 is 17.6 Å². The van der Waals surface area contributed by atoms with Gasteiger partial charge in [-0.1, -0.05) is 6.08 Å². The van der Waals surface area contributed by atoms with E-state index in [1.54, 1.807) is 23.0 Å². The van der Waals surface area contributed by atoms with Gasteiger partial charge in [-0.2, -0.15) is 5.10 Å². The van der Waals surface area contributed by atoms with Crippen molar-refractivity contribution in [1.29, 1.82) is 0 Å². The molecule has 1 N–H and O–H groups in total. The van der Waals surface area contributed by atoms with Gasteiger partial charge in [-0.05, 0) is 19.9 Å². The first-order chi connectivity index (χ1) is 12.9. The number of aromatic nitrogens is 2. The first kappa shape index (κ1) is 19.6. The van der Waals surface area contributed by atoms with Crippen molar-refractivity contribution in [3.05, 3.63) is 24.9 Å². The van der Waals surface area contributed by atoms with Crippen LogP contribution in [0.2, 0.25) is 0 Å². The monoisotopic (exact) mass is 374 g/mol. The van der Waals surface area contributed by atoms with Crippen molar-refractivity contribution in [2.45, 2.75) is 24.8 Å². The van der Waals surface area contributed by atoms with Crippen LogP contribution in [0.4, 0.5) is 5.82 Å². The van der Waals surface area contributed by atoms with Crippen LogP contribution in [0.15, 0.2) is 24.9 Å². The quantitative estimate of drug-likeness (QED) is 0.762. The summed E-state index contributed by atoms with van der Waals surface area (Å²) in [5, 5.41) is 7.05. The molecule has 2 aliphatic heterocycles. The van der Waals surface area contributed by atoms with E-state index < -0.39 is 0 Å². The first-order valence-corrected chi connectivity index (χ1v) is 9.54. The molecular weight excluding hydrogens is 344 g/mol. The average Bonchev–Trinajstić information content (AvgIpc) is 2.96. The molecule has 0 bridgehead atoms. The number of aryl methyl sites for hydroxylation is 1. The highest BCUT2D eigenvalue weighted by atomic mass is 16.2. The Morgan fingerprint density at radius 2 is 2.15 bits per heavy atom. The highest BCUT2D eigenvalue weighted by molar-refractivity contribution is 5.91. The molecule has 1 aromatic heterocycles. The summed E-state index contributed by atoms with van der Waals surface area (Å²) < 4.78 is 1.66. The molecule has 1 spiro atoms. The van der Waals surface area contributed by atoms with Crippen molar-refractivity contribution in [1.82, 2.24) is 24.5 Å². The fourth-order valence-corrected chi connectivity index (χ4v) is 4.13. The molecule has 0 saturated carbocycles. The minimum absolute atomic E-state index is 0.0496. The Balaban J connectivity index is 1.62. The predicted molar refractivity (Wildman–Crippen MR) is 104 cm³/mol. The SMILES string of the molecule is C=CCN1CC[C@@]2(CCC1=O)CN(CC(=O)Nc1ccn(C)n1)CCN2C. The summed E-state index contributed by atoms with van der Waals surface area (Å²) in [7, 11) is 3.96. The van der Waals surface area contributed by atoms with Gasteiger partial charge >= 0.3 is 0 Å². The van der Waals surface area contributed by atoms with E-state index in [0.717, 1.165) is 39.0 Å². The molecule has 0 radical (unpaired) electrons. The highest BCUT2D eigenvalue weighted by Crippen LogP contribution is 2.32. The first-order valence-electron chi connectivity index (χ1n) is 9.54. The molecule has 0 unspecified atom stereocenters. The van der Waals surface area contributed by atoms with Gasteiger partial charge in [-0.15, -0.1) is 6.58 Å². The number of anilines is 1. The normalized spacial score (nSPS) is 24.8. The lowest BCUT2D eigenvalue weighted by Gasteiger charge is -2.49. The number of carbonyl (C=O) groups is 2. The molecule has 3 heterocycles. The largest absolute Gasteiger partial charge is 0.339 e. The number of carbonyl (C=O) groups excluding carboxylic acids is 2. The summed E-state index contributed by atoms with van der Waals surface area (Å²) in [6.07, 6.45) is 5.88. The van der Waals surface area contributed by atoms with E-state index in [4.69, 9.17) is 0 Å². The van der Waals surface area contributed by atoms with Crippen molar-refractivity contribution in [3.8, 4) is 0 Å². The van der Waals surface area contributed by atoms with Crippen LogP contribution in [0, 0.1) is 0 Å². The molecule has 1 aromatic rings. The van der Waals surface area contributed by atoms with Crippen LogP contribution in [0.3, 0.4) is 0 Å².